The van der Waals surface area contributed by atoms with Gasteiger partial charge in [-0.1, -0.05) is 0 Å². The van der Waals surface area contributed by atoms with Crippen LogP contribution in [0.4, 0.5) is 0 Å². The van der Waals surface area contributed by atoms with E-state index in [1.165, 1.54) is 4.31 Å². The van der Waals surface area contributed by atoms with Gasteiger partial charge in [0.1, 0.15) is 5.75 Å². The summed E-state index contributed by atoms with van der Waals surface area (Å²) in [5, 5.41) is 4.15. The number of methoxy groups -OCH3 is 1. The molecule has 1 aliphatic rings. The van der Waals surface area contributed by atoms with Gasteiger partial charge in [0.2, 0.25) is 10.0 Å². The Hall–Kier alpha value is -1.86. The van der Waals surface area contributed by atoms with Gasteiger partial charge in [-0.15, -0.1) is 0 Å². The Morgan fingerprint density at radius 1 is 1.29 bits per heavy atom. The summed E-state index contributed by atoms with van der Waals surface area (Å²) in [5.74, 6) is 0.653. The van der Waals surface area contributed by atoms with Crippen LogP contribution in [0, 0.1) is 6.92 Å². The Balaban J connectivity index is 1.95. The summed E-state index contributed by atoms with van der Waals surface area (Å²) >= 11 is 0. The summed E-state index contributed by atoms with van der Waals surface area (Å²) < 4.78 is 33.9. The van der Waals surface area contributed by atoms with Crippen LogP contribution >= 0.6 is 0 Å². The number of benzene rings is 1. The highest BCUT2D eigenvalue weighted by Crippen LogP contribution is 2.30. The molecule has 1 aromatic carbocycles. The first-order chi connectivity index (χ1) is 9.93. The zero-order valence-electron chi connectivity index (χ0n) is 12.2. The van der Waals surface area contributed by atoms with Crippen LogP contribution in [-0.2, 0) is 30.2 Å². The molecule has 0 fully saturated rings. The van der Waals surface area contributed by atoms with Crippen molar-refractivity contribution in [3.05, 3.63) is 41.2 Å². The molecule has 0 saturated heterocycles. The predicted molar refractivity (Wildman–Crippen MR) is 77.4 cm³/mol. The van der Waals surface area contributed by atoms with Crippen molar-refractivity contribution < 1.29 is 13.2 Å². The highest BCUT2D eigenvalue weighted by atomic mass is 32.2. The molecule has 1 aromatic heterocycles. The minimum atomic E-state index is -3.51. The third kappa shape index (κ3) is 2.22. The van der Waals surface area contributed by atoms with Crippen molar-refractivity contribution in [1.82, 2.24) is 14.1 Å². The summed E-state index contributed by atoms with van der Waals surface area (Å²) in [6.07, 6.45) is 1.73. The fraction of sp³-hybridized carbons (Fsp3) is 0.357. The van der Waals surface area contributed by atoms with Crippen LogP contribution in [-0.4, -0.2) is 29.6 Å². The predicted octanol–water partition coefficient (Wildman–Crippen LogP) is 1.44. The Morgan fingerprint density at radius 2 is 2.05 bits per heavy atom. The second-order valence-electron chi connectivity index (χ2n) is 5.14. The quantitative estimate of drug-likeness (QED) is 0.861. The number of nitrogens with zero attached hydrogens (tertiary/aromatic N) is 3. The van der Waals surface area contributed by atoms with Gasteiger partial charge in [0.25, 0.3) is 0 Å². The molecule has 0 atom stereocenters. The third-order valence-corrected chi connectivity index (χ3v) is 5.77. The average molecular weight is 307 g/mol. The molecule has 0 spiro atoms. The van der Waals surface area contributed by atoms with Gasteiger partial charge < -0.3 is 4.74 Å². The van der Waals surface area contributed by atoms with Crippen LogP contribution < -0.4 is 4.74 Å². The number of sulfonamides is 1. The normalized spacial score (nSPS) is 15.2. The first-order valence-corrected chi connectivity index (χ1v) is 8.02. The first kappa shape index (κ1) is 14.1. The molecule has 0 bridgehead atoms. The van der Waals surface area contributed by atoms with E-state index >= 15 is 0 Å². The fourth-order valence-corrected chi connectivity index (χ4v) is 4.19. The number of rotatable bonds is 3. The van der Waals surface area contributed by atoms with E-state index < -0.39 is 10.0 Å². The fourth-order valence-electron chi connectivity index (χ4n) is 2.60. The maximum absolute atomic E-state index is 12.8. The lowest BCUT2D eigenvalue weighted by Gasteiger charge is -2.18. The molecule has 2 aromatic rings. The average Bonchev–Trinajstić information content (AvgIpc) is 3.01. The molecule has 112 valence electrons. The Kier molecular flexibility index (Phi) is 3.26. The molecule has 1 aliphatic heterocycles. The van der Waals surface area contributed by atoms with Crippen molar-refractivity contribution in [1.29, 1.82) is 0 Å². The van der Waals surface area contributed by atoms with Gasteiger partial charge in [-0.2, -0.15) is 9.40 Å². The minimum Gasteiger partial charge on any atom is -0.497 e. The lowest BCUT2D eigenvalue weighted by atomic mass is 10.2. The van der Waals surface area contributed by atoms with E-state index in [1.807, 2.05) is 7.05 Å². The first-order valence-electron chi connectivity index (χ1n) is 6.58. The van der Waals surface area contributed by atoms with Crippen LogP contribution in [0.2, 0.25) is 0 Å². The lowest BCUT2D eigenvalue weighted by Crippen LogP contribution is -2.27. The van der Waals surface area contributed by atoms with Crippen molar-refractivity contribution >= 4 is 10.0 Å². The molecular formula is C14H17N3O3S. The second-order valence-corrected chi connectivity index (χ2v) is 7.05. The van der Waals surface area contributed by atoms with Crippen LogP contribution in [0.25, 0.3) is 0 Å². The standard InChI is InChI=1S/C14H17N3O3S/c1-10-6-12(20-3)4-5-14(10)21(18,19)17-8-11-7-15-16(2)13(11)9-17/h4-7H,8-9H2,1-3H3. The van der Waals surface area contributed by atoms with E-state index in [0.717, 1.165) is 11.3 Å². The summed E-state index contributed by atoms with van der Waals surface area (Å²) in [4.78, 5) is 0.323. The number of hydrogen-bond acceptors (Lipinski definition) is 4. The zero-order chi connectivity index (χ0) is 15.2. The van der Waals surface area contributed by atoms with Crippen LogP contribution in [0.15, 0.2) is 29.3 Å². The molecule has 0 aliphatic carbocycles. The number of aromatic nitrogens is 2. The second kappa shape index (κ2) is 4.85. The molecule has 0 saturated carbocycles. The van der Waals surface area contributed by atoms with E-state index in [1.54, 1.807) is 43.1 Å². The lowest BCUT2D eigenvalue weighted by molar-refractivity contribution is 0.412. The topological polar surface area (TPSA) is 64.4 Å². The molecule has 3 rings (SSSR count). The maximum atomic E-state index is 12.8. The highest BCUT2D eigenvalue weighted by molar-refractivity contribution is 7.89. The van der Waals surface area contributed by atoms with Crippen LogP contribution in [0.1, 0.15) is 16.8 Å². The SMILES string of the molecule is COc1ccc(S(=O)(=O)N2Cc3cnn(C)c3C2)c(C)c1. The number of ether oxygens (including phenoxy) is 1. The molecule has 0 amide bonds. The van der Waals surface area contributed by atoms with E-state index in [0.29, 0.717) is 29.3 Å². The van der Waals surface area contributed by atoms with Gasteiger partial charge in [-0.3, -0.25) is 4.68 Å². The summed E-state index contributed by atoms with van der Waals surface area (Å²) in [6.45, 7) is 2.51. The van der Waals surface area contributed by atoms with Crippen LogP contribution in [0.3, 0.4) is 0 Å². The van der Waals surface area contributed by atoms with Crippen molar-refractivity contribution in [3.8, 4) is 5.75 Å². The molecule has 0 radical (unpaired) electrons. The van der Waals surface area contributed by atoms with Crippen LogP contribution in [0.5, 0.6) is 5.75 Å². The largest absolute Gasteiger partial charge is 0.497 e. The Morgan fingerprint density at radius 3 is 2.67 bits per heavy atom. The molecule has 6 nitrogen and oxygen atoms in total. The third-order valence-electron chi connectivity index (χ3n) is 3.82. The molecule has 0 unspecified atom stereocenters. The molecular weight excluding hydrogens is 290 g/mol. The Bertz CT molecular complexity index is 796. The number of hydrogen-bond donors (Lipinski definition) is 0. The number of aryl methyl sites for hydroxylation is 2. The summed E-state index contributed by atoms with van der Waals surface area (Å²) in [7, 11) is -0.123. The molecule has 0 N–H and O–H groups in total. The van der Waals surface area contributed by atoms with E-state index in [4.69, 9.17) is 4.74 Å². The van der Waals surface area contributed by atoms with E-state index in [2.05, 4.69) is 5.10 Å². The van der Waals surface area contributed by atoms with Crippen molar-refractivity contribution in [2.75, 3.05) is 7.11 Å². The van der Waals surface area contributed by atoms with Gasteiger partial charge in [0, 0.05) is 19.2 Å². The van der Waals surface area contributed by atoms with Crippen molar-refractivity contribution in [2.45, 2.75) is 24.9 Å². The van der Waals surface area contributed by atoms with Gasteiger partial charge in [0.15, 0.2) is 0 Å². The maximum Gasteiger partial charge on any atom is 0.244 e. The van der Waals surface area contributed by atoms with E-state index in [9.17, 15) is 8.42 Å². The van der Waals surface area contributed by atoms with Crippen molar-refractivity contribution in [2.24, 2.45) is 7.05 Å². The number of fused-ring (bicyclic) bond motifs is 1. The molecule has 2 heterocycles. The van der Waals surface area contributed by atoms with Gasteiger partial charge >= 0.3 is 0 Å². The molecule has 21 heavy (non-hydrogen) atoms. The van der Waals surface area contributed by atoms with Gasteiger partial charge in [-0.25, -0.2) is 8.42 Å². The van der Waals surface area contributed by atoms with E-state index in [-0.39, 0.29) is 0 Å². The minimum absolute atomic E-state index is 0.323. The monoisotopic (exact) mass is 307 g/mol. The summed E-state index contributed by atoms with van der Waals surface area (Å²) in [6, 6.07) is 5.01. The zero-order valence-corrected chi connectivity index (χ0v) is 13.0. The Labute approximate surface area is 124 Å². The van der Waals surface area contributed by atoms with Gasteiger partial charge in [0.05, 0.1) is 30.4 Å². The summed E-state index contributed by atoms with van der Waals surface area (Å²) in [5.41, 5.74) is 2.60. The smallest absolute Gasteiger partial charge is 0.244 e. The van der Waals surface area contributed by atoms with Crippen molar-refractivity contribution in [3.63, 3.8) is 0 Å². The highest BCUT2D eigenvalue weighted by Gasteiger charge is 2.33. The van der Waals surface area contributed by atoms with Gasteiger partial charge in [-0.05, 0) is 30.7 Å². The molecule has 7 heteroatoms.